The summed E-state index contributed by atoms with van der Waals surface area (Å²) in [6.45, 7) is 6.03. The second-order valence-corrected chi connectivity index (χ2v) is 1.96. The van der Waals surface area contributed by atoms with Crippen molar-refractivity contribution in [2.75, 3.05) is 13.1 Å². The highest BCUT2D eigenvalue weighted by molar-refractivity contribution is 5.75. The lowest BCUT2D eigenvalue weighted by Crippen LogP contribution is -2.20. The third kappa shape index (κ3) is 6.60. The van der Waals surface area contributed by atoms with Crippen LogP contribution in [0, 0.1) is 0 Å². The molecule has 0 unspecified atom stereocenters. The largest absolute Gasteiger partial charge is 0.435 e. The Hall–Kier alpha value is -1.52. The van der Waals surface area contributed by atoms with E-state index in [1.54, 1.807) is 0 Å². The molecule has 12 heavy (non-hydrogen) atoms. The molecule has 0 radical (unpaired) electrons. The fraction of sp³-hybridized carbons (Fsp3) is 0.429. The van der Waals surface area contributed by atoms with Crippen LogP contribution in [0.3, 0.4) is 0 Å². The number of carbonyl (C=O) groups is 2. The molecular weight excluding hydrogens is 160 g/mol. The van der Waals surface area contributed by atoms with Crippen LogP contribution in [0.4, 0.5) is 4.79 Å². The van der Waals surface area contributed by atoms with Gasteiger partial charge in [0.05, 0.1) is 6.26 Å². The SMILES string of the molecule is C=COC(C)=O.O=C1NCCN1. The van der Waals surface area contributed by atoms with Crippen molar-refractivity contribution in [3.8, 4) is 0 Å². The van der Waals surface area contributed by atoms with Crippen molar-refractivity contribution in [2.24, 2.45) is 0 Å². The summed E-state index contributed by atoms with van der Waals surface area (Å²) in [5.41, 5.74) is 0. The normalized spacial score (nSPS) is 13.2. The molecule has 0 spiro atoms. The van der Waals surface area contributed by atoms with E-state index in [4.69, 9.17) is 0 Å². The summed E-state index contributed by atoms with van der Waals surface area (Å²) in [7, 11) is 0. The van der Waals surface area contributed by atoms with E-state index in [9.17, 15) is 9.59 Å². The fourth-order valence-corrected chi connectivity index (χ4v) is 0.532. The smallest absolute Gasteiger partial charge is 0.314 e. The predicted molar refractivity (Wildman–Crippen MR) is 43.4 cm³/mol. The topological polar surface area (TPSA) is 67.4 Å². The maximum absolute atomic E-state index is 10.0. The van der Waals surface area contributed by atoms with E-state index >= 15 is 0 Å². The molecule has 0 aromatic rings. The predicted octanol–water partition coefficient (Wildman–Crippen LogP) is -0.00780. The first-order chi connectivity index (χ1) is 5.66. The van der Waals surface area contributed by atoms with E-state index in [0.717, 1.165) is 19.4 Å². The van der Waals surface area contributed by atoms with Gasteiger partial charge < -0.3 is 15.4 Å². The molecule has 0 saturated carbocycles. The van der Waals surface area contributed by atoms with Crippen molar-refractivity contribution < 1.29 is 14.3 Å². The number of hydrogen-bond acceptors (Lipinski definition) is 3. The Morgan fingerprint density at radius 2 is 2.08 bits per heavy atom. The lowest BCUT2D eigenvalue weighted by atomic mass is 10.7. The second kappa shape index (κ2) is 6.21. The average Bonchev–Trinajstić information content (AvgIpc) is 2.40. The van der Waals surface area contributed by atoms with Gasteiger partial charge in [0, 0.05) is 20.0 Å². The van der Waals surface area contributed by atoms with Crippen molar-refractivity contribution >= 4 is 12.0 Å². The Bertz CT molecular complexity index is 171. The van der Waals surface area contributed by atoms with Crippen LogP contribution in [-0.2, 0) is 9.53 Å². The van der Waals surface area contributed by atoms with E-state index in [0.29, 0.717) is 0 Å². The molecule has 1 saturated heterocycles. The van der Waals surface area contributed by atoms with Gasteiger partial charge in [-0.25, -0.2) is 4.79 Å². The molecule has 0 atom stereocenters. The van der Waals surface area contributed by atoms with Crippen LogP contribution in [0.5, 0.6) is 0 Å². The maximum Gasteiger partial charge on any atom is 0.314 e. The van der Waals surface area contributed by atoms with E-state index < -0.39 is 0 Å². The molecule has 0 bridgehead atoms. The Morgan fingerprint density at radius 1 is 1.58 bits per heavy atom. The van der Waals surface area contributed by atoms with Gasteiger partial charge in [-0.15, -0.1) is 0 Å². The lowest BCUT2D eigenvalue weighted by Gasteiger charge is -1.83. The van der Waals surface area contributed by atoms with E-state index in [1.165, 1.54) is 6.92 Å². The Labute approximate surface area is 70.8 Å². The Kier molecular flexibility index (Phi) is 5.42. The van der Waals surface area contributed by atoms with Crippen molar-refractivity contribution in [1.82, 2.24) is 10.6 Å². The summed E-state index contributed by atoms with van der Waals surface area (Å²) >= 11 is 0. The minimum absolute atomic E-state index is 0.0463. The van der Waals surface area contributed by atoms with Crippen LogP contribution >= 0.6 is 0 Å². The minimum atomic E-state index is -0.329. The maximum atomic E-state index is 10.0. The summed E-state index contributed by atoms with van der Waals surface area (Å²) in [6, 6.07) is -0.0463. The number of nitrogens with one attached hydrogen (secondary N) is 2. The Balaban J connectivity index is 0.000000202. The van der Waals surface area contributed by atoms with Crippen molar-refractivity contribution in [3.05, 3.63) is 12.8 Å². The second-order valence-electron chi connectivity index (χ2n) is 1.96. The zero-order valence-electron chi connectivity index (χ0n) is 6.92. The van der Waals surface area contributed by atoms with Crippen LogP contribution in [0.1, 0.15) is 6.92 Å². The van der Waals surface area contributed by atoms with Gasteiger partial charge in [-0.05, 0) is 0 Å². The molecule has 68 valence electrons. The van der Waals surface area contributed by atoms with Gasteiger partial charge in [-0.2, -0.15) is 0 Å². The summed E-state index contributed by atoms with van der Waals surface area (Å²) in [4.78, 5) is 19.8. The molecular formula is C7H12N2O3. The molecule has 0 aromatic carbocycles. The molecule has 0 aromatic heterocycles. The molecule has 5 heteroatoms. The van der Waals surface area contributed by atoms with Gasteiger partial charge in [-0.3, -0.25) is 4.79 Å². The first-order valence-electron chi connectivity index (χ1n) is 3.46. The highest BCUT2D eigenvalue weighted by atomic mass is 16.5. The lowest BCUT2D eigenvalue weighted by molar-refractivity contribution is -0.135. The van der Waals surface area contributed by atoms with Crippen molar-refractivity contribution in [1.29, 1.82) is 0 Å². The van der Waals surface area contributed by atoms with E-state index in [-0.39, 0.29) is 12.0 Å². The molecule has 2 amide bonds. The molecule has 5 nitrogen and oxygen atoms in total. The first-order valence-corrected chi connectivity index (χ1v) is 3.46. The van der Waals surface area contributed by atoms with Crippen LogP contribution in [0.2, 0.25) is 0 Å². The van der Waals surface area contributed by atoms with Crippen LogP contribution < -0.4 is 10.6 Å². The quantitative estimate of drug-likeness (QED) is 0.432. The zero-order valence-corrected chi connectivity index (χ0v) is 6.92. The average molecular weight is 172 g/mol. The van der Waals surface area contributed by atoms with Crippen LogP contribution in [-0.4, -0.2) is 25.1 Å². The molecule has 1 heterocycles. The molecule has 1 aliphatic rings. The molecule has 1 fully saturated rings. The highest BCUT2D eigenvalue weighted by Crippen LogP contribution is 1.70. The van der Waals surface area contributed by atoms with Gasteiger partial charge in [0.2, 0.25) is 0 Å². The summed E-state index contributed by atoms with van der Waals surface area (Å²) < 4.78 is 4.17. The van der Waals surface area contributed by atoms with Gasteiger partial charge in [0.25, 0.3) is 0 Å². The third-order valence-electron chi connectivity index (χ3n) is 0.945. The highest BCUT2D eigenvalue weighted by Gasteiger charge is 2.02. The first kappa shape index (κ1) is 10.5. The van der Waals surface area contributed by atoms with E-state index in [1.807, 2.05) is 0 Å². The van der Waals surface area contributed by atoms with Crippen LogP contribution in [0.25, 0.3) is 0 Å². The number of esters is 1. The summed E-state index contributed by atoms with van der Waals surface area (Å²) in [6.07, 6.45) is 1.10. The number of urea groups is 1. The standard InChI is InChI=1S/C4H6O2.C3H6N2O/c1-3-6-4(2)5;6-3-4-1-2-5-3/h3H,1H2,2H3;1-2H2,(H2,4,5,6). The number of amides is 2. The monoisotopic (exact) mass is 172 g/mol. The van der Waals surface area contributed by atoms with Crippen molar-refractivity contribution in [3.63, 3.8) is 0 Å². The number of hydrogen-bond donors (Lipinski definition) is 2. The van der Waals surface area contributed by atoms with Crippen LogP contribution in [0.15, 0.2) is 12.8 Å². The molecule has 1 rings (SSSR count). The number of carbonyl (C=O) groups excluding carboxylic acids is 2. The zero-order chi connectivity index (χ0) is 9.40. The van der Waals surface area contributed by atoms with Gasteiger partial charge in [0.1, 0.15) is 0 Å². The number of rotatable bonds is 1. The molecule has 0 aliphatic carbocycles. The minimum Gasteiger partial charge on any atom is -0.435 e. The third-order valence-corrected chi connectivity index (χ3v) is 0.945. The summed E-state index contributed by atoms with van der Waals surface area (Å²) in [5, 5.41) is 5.14. The molecule has 2 N–H and O–H groups in total. The van der Waals surface area contributed by atoms with Gasteiger partial charge in [-0.1, -0.05) is 6.58 Å². The van der Waals surface area contributed by atoms with E-state index in [2.05, 4.69) is 21.9 Å². The Morgan fingerprint density at radius 3 is 2.17 bits per heavy atom. The fourth-order valence-electron chi connectivity index (χ4n) is 0.532. The van der Waals surface area contributed by atoms with Crippen molar-refractivity contribution in [2.45, 2.75) is 6.92 Å². The molecule has 1 aliphatic heterocycles. The van der Waals surface area contributed by atoms with Gasteiger partial charge >= 0.3 is 12.0 Å². The summed E-state index contributed by atoms with van der Waals surface area (Å²) in [5.74, 6) is -0.329. The van der Waals surface area contributed by atoms with Gasteiger partial charge in [0.15, 0.2) is 0 Å². The number of ether oxygens (including phenoxy) is 1.